The van der Waals surface area contributed by atoms with E-state index < -0.39 is 0 Å². The van der Waals surface area contributed by atoms with E-state index in [0.29, 0.717) is 12.1 Å². The average Bonchev–Trinajstić information content (AvgIpc) is 2.47. The van der Waals surface area contributed by atoms with Crippen LogP contribution in [0.25, 0.3) is 0 Å². The molecule has 0 saturated carbocycles. The normalized spacial score (nSPS) is 10.3. The summed E-state index contributed by atoms with van der Waals surface area (Å²) in [6, 6.07) is 13.1. The highest BCUT2D eigenvalue weighted by Gasteiger charge is 2.10. The van der Waals surface area contributed by atoms with Crippen LogP contribution in [0.1, 0.15) is 21.5 Å². The van der Waals surface area contributed by atoms with E-state index in [1.165, 1.54) is 0 Å². The van der Waals surface area contributed by atoms with Crippen LogP contribution in [-0.2, 0) is 13.2 Å². The zero-order valence-electron chi connectivity index (χ0n) is 10.6. The van der Waals surface area contributed by atoms with Crippen molar-refractivity contribution in [1.29, 1.82) is 0 Å². The molecule has 3 nitrogen and oxygen atoms in total. The van der Waals surface area contributed by atoms with Crippen LogP contribution in [0.3, 0.4) is 0 Å². The summed E-state index contributed by atoms with van der Waals surface area (Å²) < 4.78 is 1.80. The van der Waals surface area contributed by atoms with Crippen LogP contribution in [0.15, 0.2) is 46.9 Å². The van der Waals surface area contributed by atoms with Gasteiger partial charge in [0.1, 0.15) is 0 Å². The van der Waals surface area contributed by atoms with Crippen LogP contribution in [-0.4, -0.2) is 11.0 Å². The Labute approximate surface area is 139 Å². The number of amides is 1. The molecule has 0 aliphatic carbocycles. The number of rotatable bonds is 4. The second kappa shape index (κ2) is 7.19. The third kappa shape index (κ3) is 4.04. The molecule has 1 amide bonds. The fraction of sp³-hybridized carbons (Fsp3) is 0.133. The Hall–Kier alpha value is -0.920. The molecule has 0 bridgehead atoms. The quantitative estimate of drug-likeness (QED) is 0.708. The molecule has 0 spiro atoms. The van der Waals surface area contributed by atoms with Crippen LogP contribution in [0, 0.1) is 3.57 Å². The maximum atomic E-state index is 12.1. The van der Waals surface area contributed by atoms with E-state index in [1.54, 1.807) is 0 Å². The van der Waals surface area contributed by atoms with E-state index in [-0.39, 0.29) is 12.5 Å². The van der Waals surface area contributed by atoms with E-state index in [4.69, 9.17) is 5.11 Å². The van der Waals surface area contributed by atoms with Gasteiger partial charge in [0.15, 0.2) is 0 Å². The molecule has 20 heavy (non-hydrogen) atoms. The van der Waals surface area contributed by atoms with Crippen molar-refractivity contribution in [1.82, 2.24) is 5.32 Å². The van der Waals surface area contributed by atoms with Gasteiger partial charge in [-0.05, 0) is 67.8 Å². The summed E-state index contributed by atoms with van der Waals surface area (Å²) in [7, 11) is 0. The summed E-state index contributed by atoms with van der Waals surface area (Å²) >= 11 is 5.56. The van der Waals surface area contributed by atoms with Crippen molar-refractivity contribution in [2.75, 3.05) is 0 Å². The van der Waals surface area contributed by atoms with Gasteiger partial charge in [-0.3, -0.25) is 4.79 Å². The maximum absolute atomic E-state index is 12.1. The van der Waals surface area contributed by atoms with Crippen LogP contribution < -0.4 is 5.32 Å². The van der Waals surface area contributed by atoms with Crippen molar-refractivity contribution in [3.05, 3.63) is 67.2 Å². The van der Waals surface area contributed by atoms with E-state index in [9.17, 15) is 4.79 Å². The molecular weight excluding hydrogens is 433 g/mol. The number of hydrogen-bond donors (Lipinski definition) is 2. The Morgan fingerprint density at radius 1 is 1.15 bits per heavy atom. The van der Waals surface area contributed by atoms with Crippen molar-refractivity contribution in [2.24, 2.45) is 0 Å². The highest BCUT2D eigenvalue weighted by atomic mass is 127. The van der Waals surface area contributed by atoms with Gasteiger partial charge in [0.25, 0.3) is 5.91 Å². The summed E-state index contributed by atoms with van der Waals surface area (Å²) in [5.41, 5.74) is 2.49. The number of benzene rings is 2. The van der Waals surface area contributed by atoms with Crippen LogP contribution >= 0.6 is 38.5 Å². The predicted octanol–water partition coefficient (Wildman–Crippen LogP) is 3.48. The van der Waals surface area contributed by atoms with Gasteiger partial charge in [-0.15, -0.1) is 0 Å². The first-order valence-corrected chi connectivity index (χ1v) is 7.89. The number of halogens is 2. The third-order valence-corrected chi connectivity index (χ3v) is 4.19. The second-order valence-electron chi connectivity index (χ2n) is 4.28. The van der Waals surface area contributed by atoms with Gasteiger partial charge in [0, 0.05) is 14.6 Å². The largest absolute Gasteiger partial charge is 0.392 e. The molecule has 0 aromatic heterocycles. The maximum Gasteiger partial charge on any atom is 0.252 e. The number of aliphatic hydroxyl groups excluding tert-OH is 1. The van der Waals surface area contributed by atoms with Gasteiger partial charge >= 0.3 is 0 Å². The Morgan fingerprint density at radius 2 is 1.80 bits per heavy atom. The molecule has 2 rings (SSSR count). The topological polar surface area (TPSA) is 49.3 Å². The molecule has 0 fully saturated rings. The predicted molar refractivity (Wildman–Crippen MR) is 90.4 cm³/mol. The van der Waals surface area contributed by atoms with Crippen LogP contribution in [0.2, 0.25) is 0 Å². The SMILES string of the molecule is O=C(NCc1ccc(CO)cc1)c1cc(I)ccc1Br. The summed E-state index contributed by atoms with van der Waals surface area (Å²) in [4.78, 5) is 12.1. The smallest absolute Gasteiger partial charge is 0.252 e. The summed E-state index contributed by atoms with van der Waals surface area (Å²) in [5.74, 6) is -0.110. The molecule has 104 valence electrons. The first kappa shape index (κ1) is 15.5. The number of aliphatic hydroxyl groups is 1. The van der Waals surface area contributed by atoms with Gasteiger partial charge in [0.05, 0.1) is 12.2 Å². The lowest BCUT2D eigenvalue weighted by atomic mass is 10.1. The molecule has 0 unspecified atom stereocenters. The van der Waals surface area contributed by atoms with Gasteiger partial charge < -0.3 is 10.4 Å². The molecular formula is C15H13BrINO2. The van der Waals surface area contributed by atoms with Gasteiger partial charge in [-0.1, -0.05) is 24.3 Å². The van der Waals surface area contributed by atoms with E-state index >= 15 is 0 Å². The van der Waals surface area contributed by atoms with Crippen molar-refractivity contribution in [3.63, 3.8) is 0 Å². The molecule has 0 aliphatic rings. The van der Waals surface area contributed by atoms with Crippen LogP contribution in [0.5, 0.6) is 0 Å². The molecule has 0 aliphatic heterocycles. The number of carbonyl (C=O) groups is 1. The summed E-state index contributed by atoms with van der Waals surface area (Å²) in [5, 5.41) is 11.9. The van der Waals surface area contributed by atoms with E-state index in [0.717, 1.165) is 19.2 Å². The average molecular weight is 446 g/mol. The Bertz CT molecular complexity index is 614. The van der Waals surface area contributed by atoms with Gasteiger partial charge in [-0.25, -0.2) is 0 Å². The zero-order valence-corrected chi connectivity index (χ0v) is 14.3. The van der Waals surface area contributed by atoms with Gasteiger partial charge in [0.2, 0.25) is 0 Å². The lowest BCUT2D eigenvalue weighted by Gasteiger charge is -2.08. The minimum atomic E-state index is -0.110. The number of nitrogens with one attached hydrogen (secondary N) is 1. The Balaban J connectivity index is 2.02. The lowest BCUT2D eigenvalue weighted by molar-refractivity contribution is 0.0950. The lowest BCUT2D eigenvalue weighted by Crippen LogP contribution is -2.23. The highest BCUT2D eigenvalue weighted by Crippen LogP contribution is 2.19. The molecule has 2 aromatic carbocycles. The molecule has 0 saturated heterocycles. The Kier molecular flexibility index (Phi) is 5.56. The van der Waals surface area contributed by atoms with Gasteiger partial charge in [-0.2, -0.15) is 0 Å². The molecule has 5 heteroatoms. The van der Waals surface area contributed by atoms with Crippen molar-refractivity contribution in [2.45, 2.75) is 13.2 Å². The van der Waals surface area contributed by atoms with Crippen molar-refractivity contribution in [3.8, 4) is 0 Å². The second-order valence-corrected chi connectivity index (χ2v) is 6.38. The molecule has 2 aromatic rings. The standard InChI is InChI=1S/C15H13BrINO2/c16-14-6-5-12(17)7-13(14)15(20)18-8-10-1-3-11(9-19)4-2-10/h1-7,19H,8-9H2,(H,18,20). The van der Waals surface area contributed by atoms with Crippen LogP contribution in [0.4, 0.5) is 0 Å². The van der Waals surface area contributed by atoms with E-state index in [1.807, 2.05) is 42.5 Å². The first-order valence-electron chi connectivity index (χ1n) is 6.02. The molecule has 0 radical (unpaired) electrons. The summed E-state index contributed by atoms with van der Waals surface area (Å²) in [6.07, 6.45) is 0. The minimum absolute atomic E-state index is 0.0298. The highest BCUT2D eigenvalue weighted by molar-refractivity contribution is 14.1. The van der Waals surface area contributed by atoms with Crippen molar-refractivity contribution < 1.29 is 9.90 Å². The first-order chi connectivity index (χ1) is 9.60. The summed E-state index contributed by atoms with van der Waals surface area (Å²) in [6.45, 7) is 0.491. The van der Waals surface area contributed by atoms with E-state index in [2.05, 4.69) is 43.8 Å². The zero-order chi connectivity index (χ0) is 14.5. The minimum Gasteiger partial charge on any atom is -0.392 e. The fourth-order valence-electron chi connectivity index (χ4n) is 1.71. The Morgan fingerprint density at radius 3 is 2.45 bits per heavy atom. The number of hydrogen-bond acceptors (Lipinski definition) is 2. The molecule has 0 heterocycles. The third-order valence-electron chi connectivity index (χ3n) is 2.83. The molecule has 0 atom stereocenters. The van der Waals surface area contributed by atoms with Crippen molar-refractivity contribution >= 4 is 44.4 Å². The number of carbonyl (C=O) groups excluding carboxylic acids is 1. The molecule has 2 N–H and O–H groups in total. The monoisotopic (exact) mass is 445 g/mol. The fourth-order valence-corrected chi connectivity index (χ4v) is 2.63.